The molecule has 7 heteroatoms. The van der Waals surface area contributed by atoms with E-state index < -0.39 is 6.10 Å². The minimum atomic E-state index is -0.665. The molecule has 1 N–H and O–H groups in total. The number of rotatable bonds is 7. The quantitative estimate of drug-likeness (QED) is 0.717. The van der Waals surface area contributed by atoms with E-state index in [0.29, 0.717) is 22.3 Å². The fraction of sp³-hybridized carbons (Fsp3) is 0.409. The maximum Gasteiger partial charge on any atom is 0.261 e. The average molecular weight is 436 g/mol. The van der Waals surface area contributed by atoms with Crippen molar-refractivity contribution in [2.75, 3.05) is 33.2 Å². The summed E-state index contributed by atoms with van der Waals surface area (Å²) in [6.07, 6.45) is -0.665. The molecule has 1 atom stereocenters. The molecule has 1 aliphatic heterocycles. The molecule has 1 heterocycles. The van der Waals surface area contributed by atoms with Crippen LogP contribution in [0, 0.1) is 0 Å². The maximum atomic E-state index is 12.4. The van der Waals surface area contributed by atoms with E-state index in [1.54, 1.807) is 25.1 Å². The minimum Gasteiger partial charge on any atom is -0.479 e. The first-order valence-electron chi connectivity index (χ1n) is 9.79. The van der Waals surface area contributed by atoms with Gasteiger partial charge >= 0.3 is 0 Å². The minimum absolute atomic E-state index is 0.194. The number of carbonyl (C=O) groups is 1. The van der Waals surface area contributed by atoms with Gasteiger partial charge in [0.15, 0.2) is 6.10 Å². The van der Waals surface area contributed by atoms with Crippen LogP contribution >= 0.6 is 23.2 Å². The highest BCUT2D eigenvalue weighted by Gasteiger charge is 2.17. The molecule has 5 nitrogen and oxygen atoms in total. The molecule has 1 unspecified atom stereocenters. The lowest BCUT2D eigenvalue weighted by atomic mass is 10.1. The number of hydrogen-bond donors (Lipinski definition) is 1. The van der Waals surface area contributed by atoms with Crippen molar-refractivity contribution in [3.8, 4) is 5.75 Å². The van der Waals surface area contributed by atoms with Crippen molar-refractivity contribution in [3.05, 3.63) is 63.6 Å². The highest BCUT2D eigenvalue weighted by atomic mass is 35.5. The average Bonchev–Trinajstić information content (AvgIpc) is 2.70. The fourth-order valence-electron chi connectivity index (χ4n) is 3.25. The summed E-state index contributed by atoms with van der Waals surface area (Å²) in [4.78, 5) is 17.2. The van der Waals surface area contributed by atoms with Crippen LogP contribution in [0.4, 0.5) is 0 Å². The van der Waals surface area contributed by atoms with Crippen molar-refractivity contribution < 1.29 is 9.53 Å². The molecule has 0 spiro atoms. The van der Waals surface area contributed by atoms with Crippen molar-refractivity contribution in [2.24, 2.45) is 0 Å². The normalized spacial score (nSPS) is 16.4. The van der Waals surface area contributed by atoms with Crippen LogP contribution in [0.2, 0.25) is 10.0 Å². The van der Waals surface area contributed by atoms with Crippen molar-refractivity contribution >= 4 is 29.1 Å². The van der Waals surface area contributed by atoms with E-state index in [-0.39, 0.29) is 5.91 Å². The lowest BCUT2D eigenvalue weighted by Crippen LogP contribution is -2.43. The Morgan fingerprint density at radius 1 is 1.10 bits per heavy atom. The highest BCUT2D eigenvalue weighted by molar-refractivity contribution is 6.35. The molecule has 3 rings (SSSR count). The number of benzene rings is 2. The summed E-state index contributed by atoms with van der Waals surface area (Å²) in [5, 5.41) is 3.84. The molecule has 0 saturated carbocycles. The van der Waals surface area contributed by atoms with Gasteiger partial charge in [0.05, 0.1) is 5.02 Å². The van der Waals surface area contributed by atoms with Crippen molar-refractivity contribution in [2.45, 2.75) is 26.1 Å². The third-order valence-corrected chi connectivity index (χ3v) is 5.56. The lowest BCUT2D eigenvalue weighted by Gasteiger charge is -2.32. The Hall–Kier alpha value is -1.79. The van der Waals surface area contributed by atoms with Crippen LogP contribution in [0.1, 0.15) is 18.1 Å². The fourth-order valence-corrected chi connectivity index (χ4v) is 3.70. The summed E-state index contributed by atoms with van der Waals surface area (Å²) in [7, 11) is 2.16. The molecule has 1 amide bonds. The molecule has 2 aromatic rings. The number of piperazine rings is 1. The Kier molecular flexibility index (Phi) is 7.78. The third kappa shape index (κ3) is 6.61. The van der Waals surface area contributed by atoms with Gasteiger partial charge in [0.2, 0.25) is 0 Å². The Morgan fingerprint density at radius 3 is 2.55 bits per heavy atom. The van der Waals surface area contributed by atoms with E-state index in [1.807, 2.05) is 12.1 Å². The summed E-state index contributed by atoms with van der Waals surface area (Å²) in [6, 6.07) is 13.3. The summed E-state index contributed by atoms with van der Waals surface area (Å²) < 4.78 is 5.67. The van der Waals surface area contributed by atoms with Gasteiger partial charge in [-0.05, 0) is 43.3 Å². The molecule has 0 radical (unpaired) electrons. The topological polar surface area (TPSA) is 44.8 Å². The Labute approximate surface area is 182 Å². The number of likely N-dealkylation sites (N-methyl/N-ethyl adjacent to an activating group) is 1. The van der Waals surface area contributed by atoms with Crippen LogP contribution in [0.3, 0.4) is 0 Å². The van der Waals surface area contributed by atoms with Crippen molar-refractivity contribution in [1.82, 2.24) is 15.1 Å². The number of ether oxygens (including phenoxy) is 1. The van der Waals surface area contributed by atoms with Gasteiger partial charge in [0.25, 0.3) is 5.91 Å². The molecule has 29 heavy (non-hydrogen) atoms. The van der Waals surface area contributed by atoms with Crippen LogP contribution < -0.4 is 10.1 Å². The van der Waals surface area contributed by atoms with Gasteiger partial charge in [0.1, 0.15) is 5.75 Å². The smallest absolute Gasteiger partial charge is 0.261 e. The first kappa shape index (κ1) is 21.9. The second-order valence-corrected chi connectivity index (χ2v) is 8.30. The first-order valence-corrected chi connectivity index (χ1v) is 10.5. The molecule has 0 aliphatic carbocycles. The molecular formula is C22H27Cl2N3O2. The number of halogens is 2. The summed E-state index contributed by atoms with van der Waals surface area (Å²) in [5.41, 5.74) is 2.33. The zero-order valence-electron chi connectivity index (χ0n) is 16.8. The highest BCUT2D eigenvalue weighted by Crippen LogP contribution is 2.28. The predicted octanol–water partition coefficient (Wildman–Crippen LogP) is 3.82. The molecule has 1 saturated heterocycles. The molecule has 0 bridgehead atoms. The number of nitrogens with zero attached hydrogens (tertiary/aromatic N) is 2. The molecule has 1 aliphatic rings. The largest absolute Gasteiger partial charge is 0.479 e. The zero-order chi connectivity index (χ0) is 20.8. The summed E-state index contributed by atoms with van der Waals surface area (Å²) in [5.74, 6) is 0.244. The van der Waals surface area contributed by atoms with Gasteiger partial charge in [-0.1, -0.05) is 47.5 Å². The molecular weight excluding hydrogens is 409 g/mol. The van der Waals surface area contributed by atoms with Gasteiger partial charge in [-0.25, -0.2) is 0 Å². The van der Waals surface area contributed by atoms with Crippen molar-refractivity contribution in [3.63, 3.8) is 0 Å². The van der Waals surface area contributed by atoms with Crippen LogP contribution in [0.5, 0.6) is 5.75 Å². The van der Waals surface area contributed by atoms with E-state index in [2.05, 4.69) is 34.3 Å². The summed E-state index contributed by atoms with van der Waals surface area (Å²) in [6.45, 7) is 7.46. The Balaban J connectivity index is 1.50. The van der Waals surface area contributed by atoms with Gasteiger partial charge < -0.3 is 15.0 Å². The molecule has 0 aromatic heterocycles. The lowest BCUT2D eigenvalue weighted by molar-refractivity contribution is -0.127. The summed E-state index contributed by atoms with van der Waals surface area (Å²) >= 11 is 12.0. The SMILES string of the molecule is CC(Oc1ccc(Cl)cc1Cl)C(=O)NCc1cccc(CN2CCN(C)CC2)c1. The van der Waals surface area contributed by atoms with Crippen molar-refractivity contribution in [1.29, 1.82) is 0 Å². The van der Waals surface area contributed by atoms with Gasteiger partial charge in [0, 0.05) is 44.3 Å². The van der Waals surface area contributed by atoms with Gasteiger partial charge in [-0.2, -0.15) is 0 Å². The van der Waals surface area contributed by atoms with Gasteiger partial charge in [-0.3, -0.25) is 9.69 Å². The standard InChI is InChI=1S/C22H27Cl2N3O2/c1-16(29-21-7-6-19(23)13-20(21)24)22(28)25-14-17-4-3-5-18(12-17)15-27-10-8-26(2)9-11-27/h3-7,12-13,16H,8-11,14-15H2,1-2H3,(H,25,28). The van der Waals surface area contributed by atoms with E-state index in [4.69, 9.17) is 27.9 Å². The number of amides is 1. The van der Waals surface area contributed by atoms with Crippen LogP contribution in [0.15, 0.2) is 42.5 Å². The third-order valence-electron chi connectivity index (χ3n) is 5.03. The second-order valence-electron chi connectivity index (χ2n) is 7.45. The van der Waals surface area contributed by atoms with Crippen LogP contribution in [-0.2, 0) is 17.9 Å². The van der Waals surface area contributed by atoms with Crippen LogP contribution in [0.25, 0.3) is 0 Å². The predicted molar refractivity (Wildman–Crippen MR) is 118 cm³/mol. The number of nitrogens with one attached hydrogen (secondary N) is 1. The molecule has 156 valence electrons. The van der Waals surface area contributed by atoms with E-state index in [1.165, 1.54) is 5.56 Å². The second kappa shape index (κ2) is 10.3. The number of carbonyl (C=O) groups excluding carboxylic acids is 1. The molecule has 1 fully saturated rings. The first-order chi connectivity index (χ1) is 13.9. The van der Waals surface area contributed by atoms with E-state index >= 15 is 0 Å². The van der Waals surface area contributed by atoms with E-state index in [9.17, 15) is 4.79 Å². The maximum absolute atomic E-state index is 12.4. The molecule has 2 aromatic carbocycles. The zero-order valence-corrected chi connectivity index (χ0v) is 18.3. The van der Waals surface area contributed by atoms with Gasteiger partial charge in [-0.15, -0.1) is 0 Å². The van der Waals surface area contributed by atoms with E-state index in [0.717, 1.165) is 38.3 Å². The van der Waals surface area contributed by atoms with Crippen LogP contribution in [-0.4, -0.2) is 55.0 Å². The Morgan fingerprint density at radius 2 is 1.83 bits per heavy atom. The number of hydrogen-bond acceptors (Lipinski definition) is 4. The Bertz CT molecular complexity index is 839. The monoisotopic (exact) mass is 435 g/mol.